The molecule has 5 rings (SSSR count). The van der Waals surface area contributed by atoms with Gasteiger partial charge in [0.1, 0.15) is 12.4 Å². The fourth-order valence-corrected chi connectivity index (χ4v) is 6.97. The lowest BCUT2D eigenvalue weighted by Crippen LogP contribution is -2.49. The molecule has 3 aromatic carbocycles. The van der Waals surface area contributed by atoms with Crippen LogP contribution in [0.1, 0.15) is 56.6 Å². The number of halogens is 1. The van der Waals surface area contributed by atoms with E-state index in [1.165, 1.54) is 13.2 Å². The van der Waals surface area contributed by atoms with Crippen molar-refractivity contribution < 1.29 is 42.8 Å². The second-order valence-electron chi connectivity index (χ2n) is 12.3. The molecule has 1 saturated heterocycles. The van der Waals surface area contributed by atoms with Crippen LogP contribution in [0.3, 0.4) is 0 Å². The zero-order valence-corrected chi connectivity index (χ0v) is 28.2. The minimum absolute atomic E-state index is 0.00812. The Morgan fingerprint density at radius 2 is 1.71 bits per heavy atom. The molecule has 10 nitrogen and oxygen atoms in total. The number of aliphatic carboxylic acids is 1. The number of carbonyl (C=O) groups is 2. The van der Waals surface area contributed by atoms with Crippen molar-refractivity contribution in [3.63, 3.8) is 0 Å². The lowest BCUT2D eigenvalue weighted by atomic mass is 9.85. The average molecular weight is 665 g/mol. The van der Waals surface area contributed by atoms with Crippen LogP contribution in [0.25, 0.3) is 0 Å². The van der Waals surface area contributed by atoms with Gasteiger partial charge in [-0.25, -0.2) is 4.39 Å². The summed E-state index contributed by atoms with van der Waals surface area (Å²) in [6.45, 7) is 6.06. The highest BCUT2D eigenvalue weighted by Crippen LogP contribution is 2.47. The SMILES string of the molecule is CCCC(CCC)N(C(=O)CN1CC(c2cc(OC)c3c(c2)OCO3)C(C(=O)O)C1COc1ccccc1OC)c1ccc(F)c(C)c1. The molecule has 3 aromatic rings. The largest absolute Gasteiger partial charge is 0.493 e. The molecule has 0 spiro atoms. The maximum atomic E-state index is 14.5. The Morgan fingerprint density at radius 1 is 1.00 bits per heavy atom. The van der Waals surface area contributed by atoms with Gasteiger partial charge in [0.05, 0.1) is 32.7 Å². The van der Waals surface area contributed by atoms with E-state index < -0.39 is 23.8 Å². The van der Waals surface area contributed by atoms with Gasteiger partial charge in [-0.1, -0.05) is 38.8 Å². The number of hydrogen-bond acceptors (Lipinski definition) is 8. The Bertz CT molecular complexity index is 1590. The van der Waals surface area contributed by atoms with E-state index in [0.717, 1.165) is 25.7 Å². The number of benzene rings is 3. The van der Waals surface area contributed by atoms with Crippen LogP contribution in [0.5, 0.6) is 28.7 Å². The number of methoxy groups -OCH3 is 2. The van der Waals surface area contributed by atoms with E-state index >= 15 is 0 Å². The smallest absolute Gasteiger partial charge is 0.308 e. The van der Waals surface area contributed by atoms with Crippen molar-refractivity contribution in [2.75, 3.05) is 45.6 Å². The third-order valence-electron chi connectivity index (χ3n) is 9.26. The molecule has 0 bridgehead atoms. The number of para-hydroxylation sites is 2. The molecule has 0 aliphatic carbocycles. The summed E-state index contributed by atoms with van der Waals surface area (Å²) in [6, 6.07) is 14.7. The highest BCUT2D eigenvalue weighted by atomic mass is 19.1. The fourth-order valence-electron chi connectivity index (χ4n) is 6.97. The molecule has 1 amide bonds. The number of fused-ring (bicyclic) bond motifs is 1. The van der Waals surface area contributed by atoms with E-state index in [1.807, 2.05) is 17.0 Å². The summed E-state index contributed by atoms with van der Waals surface area (Å²) in [5.41, 5.74) is 1.77. The van der Waals surface area contributed by atoms with E-state index in [0.29, 0.717) is 45.6 Å². The van der Waals surface area contributed by atoms with Gasteiger partial charge in [0.2, 0.25) is 18.4 Å². The molecule has 2 heterocycles. The molecule has 3 atom stereocenters. The second kappa shape index (κ2) is 15.6. The molecule has 48 heavy (non-hydrogen) atoms. The van der Waals surface area contributed by atoms with Crippen LogP contribution >= 0.6 is 0 Å². The van der Waals surface area contributed by atoms with Crippen molar-refractivity contribution in [3.8, 4) is 28.7 Å². The lowest BCUT2D eigenvalue weighted by molar-refractivity contribution is -0.143. The van der Waals surface area contributed by atoms with Crippen LogP contribution in [-0.2, 0) is 9.59 Å². The molecule has 2 aliphatic heterocycles. The highest BCUT2D eigenvalue weighted by Gasteiger charge is 2.48. The Hall–Kier alpha value is -4.51. The van der Waals surface area contributed by atoms with Crippen molar-refractivity contribution in [2.45, 2.75) is 64.5 Å². The van der Waals surface area contributed by atoms with E-state index in [9.17, 15) is 19.1 Å². The molecule has 258 valence electrons. The maximum absolute atomic E-state index is 14.5. The second-order valence-corrected chi connectivity index (χ2v) is 12.3. The van der Waals surface area contributed by atoms with Crippen LogP contribution in [0.2, 0.25) is 0 Å². The van der Waals surface area contributed by atoms with Gasteiger partial charge in [-0.2, -0.15) is 0 Å². The number of hydrogen-bond donors (Lipinski definition) is 1. The van der Waals surface area contributed by atoms with Gasteiger partial charge in [-0.15, -0.1) is 0 Å². The van der Waals surface area contributed by atoms with Crippen molar-refractivity contribution in [1.82, 2.24) is 4.90 Å². The normalized spacial score (nSPS) is 18.6. The average Bonchev–Trinajstić information content (AvgIpc) is 3.70. The summed E-state index contributed by atoms with van der Waals surface area (Å²) in [4.78, 5) is 31.3. The lowest BCUT2D eigenvalue weighted by Gasteiger charge is -2.35. The molecular weight excluding hydrogens is 619 g/mol. The molecule has 0 saturated carbocycles. The summed E-state index contributed by atoms with van der Waals surface area (Å²) >= 11 is 0. The van der Waals surface area contributed by atoms with Gasteiger partial charge in [-0.3, -0.25) is 14.5 Å². The van der Waals surface area contributed by atoms with Crippen LogP contribution in [0.15, 0.2) is 54.6 Å². The standard InChI is InChI=1S/C37H45FN2O8/c1-6-10-25(11-7-2)40(26-14-15-28(38)23(3)16-26)34(41)20-39-19-27(24-17-32(45-5)36-33(18-24)47-22-48-36)35(37(42)43)29(39)21-46-31-13-9-8-12-30(31)44-4/h8-9,12-18,25,27,29,35H,6-7,10-11,19-22H2,1-5H3,(H,42,43). The minimum atomic E-state index is -1.01. The van der Waals surface area contributed by atoms with E-state index in [2.05, 4.69) is 13.8 Å². The summed E-state index contributed by atoms with van der Waals surface area (Å²) < 4.78 is 42.9. The summed E-state index contributed by atoms with van der Waals surface area (Å²) in [5.74, 6) is -0.644. The van der Waals surface area contributed by atoms with Crippen molar-refractivity contribution >= 4 is 17.6 Å². The third kappa shape index (κ3) is 7.31. The number of ether oxygens (including phenoxy) is 5. The Morgan fingerprint density at radius 3 is 2.35 bits per heavy atom. The van der Waals surface area contributed by atoms with E-state index in [-0.39, 0.29) is 44.3 Å². The topological polar surface area (TPSA) is 107 Å². The van der Waals surface area contributed by atoms with Crippen molar-refractivity contribution in [1.29, 1.82) is 0 Å². The first-order chi connectivity index (χ1) is 23.2. The molecule has 1 fully saturated rings. The summed E-state index contributed by atoms with van der Waals surface area (Å²) in [7, 11) is 3.06. The first-order valence-corrected chi connectivity index (χ1v) is 16.5. The third-order valence-corrected chi connectivity index (χ3v) is 9.26. The molecular formula is C37H45FN2O8. The van der Waals surface area contributed by atoms with Crippen molar-refractivity contribution in [2.24, 2.45) is 5.92 Å². The monoisotopic (exact) mass is 664 g/mol. The molecule has 1 N–H and O–H groups in total. The van der Waals surface area contributed by atoms with Gasteiger partial charge in [-0.05, 0) is 73.4 Å². The number of carboxylic acids is 1. The predicted molar refractivity (Wildman–Crippen MR) is 179 cm³/mol. The van der Waals surface area contributed by atoms with Crippen molar-refractivity contribution in [3.05, 3.63) is 71.5 Å². The molecule has 0 radical (unpaired) electrons. The van der Waals surface area contributed by atoms with E-state index in [4.69, 9.17) is 23.7 Å². The van der Waals surface area contributed by atoms with Crippen LogP contribution in [0, 0.1) is 18.7 Å². The maximum Gasteiger partial charge on any atom is 0.308 e. The number of likely N-dealkylation sites (tertiary alicyclic amines) is 1. The number of nitrogens with zero attached hydrogens (tertiary/aromatic N) is 2. The predicted octanol–water partition coefficient (Wildman–Crippen LogP) is 6.43. The van der Waals surface area contributed by atoms with Gasteiger partial charge < -0.3 is 33.7 Å². The fraction of sp³-hybridized carbons (Fsp3) is 0.459. The molecule has 11 heteroatoms. The zero-order valence-electron chi connectivity index (χ0n) is 28.2. The van der Waals surface area contributed by atoms with Gasteiger partial charge in [0.15, 0.2) is 23.0 Å². The minimum Gasteiger partial charge on any atom is -0.493 e. The Labute approximate surface area is 281 Å². The highest BCUT2D eigenvalue weighted by molar-refractivity contribution is 5.95. The Kier molecular flexibility index (Phi) is 11.3. The quantitative estimate of drug-likeness (QED) is 0.197. The first kappa shape index (κ1) is 34.8. The van der Waals surface area contributed by atoms with Crippen LogP contribution in [0.4, 0.5) is 10.1 Å². The number of carbonyl (C=O) groups excluding carboxylic acids is 1. The first-order valence-electron chi connectivity index (χ1n) is 16.5. The molecule has 3 unspecified atom stereocenters. The Balaban J connectivity index is 1.53. The van der Waals surface area contributed by atoms with Gasteiger partial charge in [0, 0.05) is 24.2 Å². The summed E-state index contributed by atoms with van der Waals surface area (Å²) in [6.07, 6.45) is 3.27. The summed E-state index contributed by atoms with van der Waals surface area (Å²) in [5, 5.41) is 10.7. The van der Waals surface area contributed by atoms with Crippen LogP contribution < -0.4 is 28.6 Å². The zero-order chi connectivity index (χ0) is 34.4. The number of anilines is 1. The van der Waals surface area contributed by atoms with Gasteiger partial charge in [0.25, 0.3) is 0 Å². The molecule has 0 aromatic heterocycles. The number of carboxylic acid groups (broad SMARTS) is 1. The number of amides is 1. The van der Waals surface area contributed by atoms with Crippen LogP contribution in [-0.4, -0.2) is 74.7 Å². The number of aryl methyl sites for hydroxylation is 1. The van der Waals surface area contributed by atoms with Gasteiger partial charge >= 0.3 is 5.97 Å². The molecule has 2 aliphatic rings. The van der Waals surface area contributed by atoms with E-state index in [1.54, 1.807) is 55.3 Å². The number of rotatable bonds is 15.